The van der Waals surface area contributed by atoms with E-state index in [9.17, 15) is 14.4 Å². The average molecular weight is 549 g/mol. The molecule has 0 N–H and O–H groups in total. The Bertz CT molecular complexity index is 1610. The minimum Gasteiger partial charge on any atom is -0.294 e. The van der Waals surface area contributed by atoms with Gasteiger partial charge in [-0.25, -0.2) is 0 Å². The third-order valence-corrected chi connectivity index (χ3v) is 10.8. The molecule has 41 heavy (non-hydrogen) atoms. The number of rotatable bonds is 4. The van der Waals surface area contributed by atoms with Gasteiger partial charge in [0.15, 0.2) is 17.3 Å². The number of fused-ring (bicyclic) bond motifs is 3. The Morgan fingerprint density at radius 1 is 0.927 bits per heavy atom. The summed E-state index contributed by atoms with van der Waals surface area (Å²) >= 11 is 0. The van der Waals surface area contributed by atoms with Crippen molar-refractivity contribution in [3.8, 4) is 0 Å². The molecule has 0 saturated carbocycles. The van der Waals surface area contributed by atoms with E-state index in [1.54, 1.807) is 0 Å². The van der Waals surface area contributed by atoms with E-state index in [-0.39, 0.29) is 34.1 Å². The van der Waals surface area contributed by atoms with E-state index >= 15 is 0 Å². The molecule has 3 aliphatic carbocycles. The average Bonchev–Trinajstić information content (AvgIpc) is 2.86. The summed E-state index contributed by atoms with van der Waals surface area (Å²) in [5, 5.41) is 0. The summed E-state index contributed by atoms with van der Waals surface area (Å²) in [6.45, 7) is 20.4. The van der Waals surface area contributed by atoms with E-state index in [2.05, 4.69) is 84.0 Å². The molecule has 2 aromatic carbocycles. The number of carbonyl (C=O) groups is 3. The second-order valence-electron chi connectivity index (χ2n) is 14.1. The predicted octanol–water partition coefficient (Wildman–Crippen LogP) is 8.95. The second kappa shape index (κ2) is 9.61. The summed E-state index contributed by atoms with van der Waals surface area (Å²) in [6, 6.07) is 10.7. The highest BCUT2D eigenvalue weighted by Crippen LogP contribution is 2.66. The van der Waals surface area contributed by atoms with Crippen LogP contribution in [0.2, 0.25) is 0 Å². The molecular formula is C38H44O3. The first-order valence-electron chi connectivity index (χ1n) is 15.0. The summed E-state index contributed by atoms with van der Waals surface area (Å²) in [5.41, 5.74) is 8.80. The normalized spacial score (nSPS) is 27.9. The Morgan fingerprint density at radius 3 is 2.15 bits per heavy atom. The Balaban J connectivity index is 1.72. The zero-order valence-electron chi connectivity index (χ0n) is 26.5. The first kappa shape index (κ1) is 29.2. The molecule has 5 rings (SSSR count). The monoisotopic (exact) mass is 548 g/mol. The van der Waals surface area contributed by atoms with Crippen molar-refractivity contribution in [2.45, 2.75) is 94.4 Å². The summed E-state index contributed by atoms with van der Waals surface area (Å²) in [7, 11) is 0. The molecule has 0 fully saturated rings. The van der Waals surface area contributed by atoms with Crippen LogP contribution >= 0.6 is 0 Å². The van der Waals surface area contributed by atoms with Crippen molar-refractivity contribution in [1.29, 1.82) is 0 Å². The van der Waals surface area contributed by atoms with Gasteiger partial charge in [-0.2, -0.15) is 0 Å². The Morgan fingerprint density at radius 2 is 1.56 bits per heavy atom. The molecule has 0 saturated heterocycles. The molecule has 3 aliphatic rings. The predicted molar refractivity (Wildman–Crippen MR) is 168 cm³/mol. The van der Waals surface area contributed by atoms with Gasteiger partial charge in [0.2, 0.25) is 0 Å². The molecule has 3 unspecified atom stereocenters. The van der Waals surface area contributed by atoms with Gasteiger partial charge in [0, 0.05) is 16.6 Å². The zero-order valence-corrected chi connectivity index (χ0v) is 26.5. The quantitative estimate of drug-likeness (QED) is 0.283. The van der Waals surface area contributed by atoms with E-state index in [4.69, 9.17) is 0 Å². The second-order valence-corrected chi connectivity index (χ2v) is 14.1. The largest absolute Gasteiger partial charge is 0.294 e. The lowest BCUT2D eigenvalue weighted by molar-refractivity contribution is -0.134. The maximum atomic E-state index is 14.8. The molecule has 0 amide bonds. The third-order valence-electron chi connectivity index (χ3n) is 10.8. The van der Waals surface area contributed by atoms with Gasteiger partial charge in [0.05, 0.1) is 11.0 Å². The highest BCUT2D eigenvalue weighted by atomic mass is 16.2. The molecule has 0 bridgehead atoms. The van der Waals surface area contributed by atoms with Crippen LogP contribution in [0.25, 0.3) is 12.2 Å². The minimum atomic E-state index is -0.896. The van der Waals surface area contributed by atoms with E-state index < -0.39 is 5.41 Å². The van der Waals surface area contributed by atoms with E-state index in [1.807, 2.05) is 20.8 Å². The van der Waals surface area contributed by atoms with Crippen LogP contribution in [-0.2, 0) is 16.0 Å². The van der Waals surface area contributed by atoms with E-state index in [0.29, 0.717) is 12.0 Å². The van der Waals surface area contributed by atoms with Crippen LogP contribution in [0.3, 0.4) is 0 Å². The van der Waals surface area contributed by atoms with E-state index in [0.717, 1.165) is 51.8 Å². The van der Waals surface area contributed by atoms with Gasteiger partial charge >= 0.3 is 0 Å². The van der Waals surface area contributed by atoms with Gasteiger partial charge in [-0.05, 0) is 100.0 Å². The SMILES string of the molecule is CC(=O)C1=C(C)CC2(C)CC3(C)Cc4c(C(C)C)cc(/C=C/c5ccc(C)cc5)c(C)c4C(=O)C3=C(C)C2(C)C1=O. The van der Waals surface area contributed by atoms with Crippen LogP contribution in [0.15, 0.2) is 52.6 Å². The molecule has 3 atom stereocenters. The number of Topliss-reactive ketones (excluding diaryl/α,β-unsaturated/α-hetero) is 3. The topological polar surface area (TPSA) is 51.2 Å². The fourth-order valence-electron chi connectivity index (χ4n) is 8.58. The third kappa shape index (κ3) is 4.18. The van der Waals surface area contributed by atoms with Crippen molar-refractivity contribution in [3.63, 3.8) is 0 Å². The number of aryl methyl sites for hydroxylation is 1. The minimum absolute atomic E-state index is 0.0583. The summed E-state index contributed by atoms with van der Waals surface area (Å²) in [4.78, 5) is 41.5. The van der Waals surface area contributed by atoms with E-state index in [1.165, 1.54) is 23.6 Å². The van der Waals surface area contributed by atoms with Crippen LogP contribution in [-0.4, -0.2) is 17.3 Å². The molecule has 214 valence electrons. The number of allylic oxidation sites excluding steroid dienone is 4. The summed E-state index contributed by atoms with van der Waals surface area (Å²) in [5.74, 6) is 0.0341. The fourth-order valence-corrected chi connectivity index (χ4v) is 8.58. The summed E-state index contributed by atoms with van der Waals surface area (Å²) < 4.78 is 0. The van der Waals surface area contributed by atoms with Crippen molar-refractivity contribution in [3.05, 3.63) is 91.6 Å². The molecule has 3 heteroatoms. The molecular weight excluding hydrogens is 504 g/mol. The molecule has 0 aromatic heterocycles. The van der Waals surface area contributed by atoms with Gasteiger partial charge in [-0.1, -0.05) is 86.9 Å². The molecule has 2 aromatic rings. The van der Waals surface area contributed by atoms with Gasteiger partial charge in [0.25, 0.3) is 0 Å². The van der Waals surface area contributed by atoms with Crippen LogP contribution in [0.1, 0.15) is 118 Å². The van der Waals surface area contributed by atoms with Crippen molar-refractivity contribution in [2.75, 3.05) is 0 Å². The van der Waals surface area contributed by atoms with Gasteiger partial charge in [-0.15, -0.1) is 0 Å². The Hall–Kier alpha value is -3.33. The van der Waals surface area contributed by atoms with Crippen molar-refractivity contribution < 1.29 is 14.4 Å². The first-order valence-corrected chi connectivity index (χ1v) is 15.0. The zero-order chi connectivity index (χ0) is 30.2. The lowest BCUT2D eigenvalue weighted by Gasteiger charge is -2.59. The number of benzene rings is 2. The first-order chi connectivity index (χ1) is 19.1. The van der Waals surface area contributed by atoms with Crippen molar-refractivity contribution in [2.24, 2.45) is 16.2 Å². The smallest absolute Gasteiger partial charge is 0.190 e. The van der Waals surface area contributed by atoms with Crippen LogP contribution in [0.5, 0.6) is 0 Å². The molecule has 0 heterocycles. The molecule has 0 spiro atoms. The summed E-state index contributed by atoms with van der Waals surface area (Å²) in [6.07, 6.45) is 6.44. The lowest BCUT2D eigenvalue weighted by Crippen LogP contribution is -2.57. The highest BCUT2D eigenvalue weighted by Gasteiger charge is 2.63. The number of hydrogen-bond donors (Lipinski definition) is 0. The molecule has 3 nitrogen and oxygen atoms in total. The number of hydrogen-bond acceptors (Lipinski definition) is 3. The standard InChI is InChI=1S/C38H44O3/c1-21(2)29-17-28(16-15-27-13-11-22(3)12-14-27)24(5)32-30(29)19-36(8)20-37(9)18-23(4)31(26(7)39)35(41)38(37,10)25(6)33(36)34(32)40/h11-17,21H,18-20H2,1-10H3/b16-15+. The molecule has 0 radical (unpaired) electrons. The Kier molecular flexibility index (Phi) is 6.84. The lowest BCUT2D eigenvalue weighted by atomic mass is 9.42. The number of ketones is 3. The van der Waals surface area contributed by atoms with Crippen molar-refractivity contribution >= 4 is 29.5 Å². The van der Waals surface area contributed by atoms with Crippen LogP contribution in [0.4, 0.5) is 0 Å². The molecule has 0 aliphatic heterocycles. The maximum absolute atomic E-state index is 14.8. The van der Waals surface area contributed by atoms with Gasteiger partial charge in [-0.3, -0.25) is 14.4 Å². The number of carbonyl (C=O) groups excluding carboxylic acids is 3. The highest BCUT2D eigenvalue weighted by molar-refractivity contribution is 6.24. The van der Waals surface area contributed by atoms with Gasteiger partial charge in [0.1, 0.15) is 0 Å². The van der Waals surface area contributed by atoms with Crippen LogP contribution < -0.4 is 0 Å². The van der Waals surface area contributed by atoms with Crippen LogP contribution in [0, 0.1) is 30.1 Å². The maximum Gasteiger partial charge on any atom is 0.190 e. The fraction of sp³-hybridized carbons (Fsp3) is 0.447. The van der Waals surface area contributed by atoms with Crippen molar-refractivity contribution in [1.82, 2.24) is 0 Å². The Labute approximate surface area is 245 Å². The van der Waals surface area contributed by atoms with Gasteiger partial charge < -0.3 is 0 Å².